The Morgan fingerprint density at radius 2 is 1.82 bits per heavy atom. The monoisotopic (exact) mass is 545 g/mol. The molecule has 5 rings (SSSR count). The van der Waals surface area contributed by atoms with E-state index in [9.17, 15) is 18.8 Å². The van der Waals surface area contributed by atoms with Crippen LogP contribution in [0.5, 0.6) is 0 Å². The second-order valence-corrected chi connectivity index (χ2v) is 10.9. The molecule has 4 amide bonds. The fraction of sp³-hybridized carbons (Fsp3) is 0.387. The molecule has 0 radical (unpaired) electrons. The van der Waals surface area contributed by atoms with Crippen LogP contribution in [0, 0.1) is 11.7 Å². The number of fused-ring (bicyclic) bond motifs is 1. The molecular formula is C31H36FN5O3. The van der Waals surface area contributed by atoms with Gasteiger partial charge in [0.05, 0.1) is 19.1 Å². The Morgan fingerprint density at radius 1 is 1.10 bits per heavy atom. The summed E-state index contributed by atoms with van der Waals surface area (Å²) in [4.78, 5) is 44.5. The van der Waals surface area contributed by atoms with Gasteiger partial charge in [0.25, 0.3) is 0 Å². The fourth-order valence-electron chi connectivity index (χ4n) is 5.74. The Hall–Kier alpha value is -3.98. The average Bonchev–Trinajstić information content (AvgIpc) is 2.95. The molecule has 2 aliphatic heterocycles. The first-order chi connectivity index (χ1) is 19.2. The number of hydrogen-bond donors (Lipinski definition) is 1. The van der Waals surface area contributed by atoms with E-state index in [0.29, 0.717) is 18.9 Å². The van der Waals surface area contributed by atoms with Gasteiger partial charge in [-0.05, 0) is 48.1 Å². The van der Waals surface area contributed by atoms with Crippen molar-refractivity contribution in [2.24, 2.45) is 5.92 Å². The molecule has 210 valence electrons. The van der Waals surface area contributed by atoms with Crippen LogP contribution in [0.2, 0.25) is 0 Å². The Labute approximate surface area is 234 Å². The van der Waals surface area contributed by atoms with Crippen molar-refractivity contribution >= 4 is 17.8 Å². The van der Waals surface area contributed by atoms with E-state index >= 15 is 0 Å². The molecule has 2 saturated heterocycles. The first-order valence-corrected chi connectivity index (χ1v) is 13.8. The van der Waals surface area contributed by atoms with Gasteiger partial charge in [-0.2, -0.15) is 0 Å². The maximum atomic E-state index is 14.1. The summed E-state index contributed by atoms with van der Waals surface area (Å²) in [5, 5.41) is 6.16. The number of piperazine rings is 1. The van der Waals surface area contributed by atoms with E-state index in [1.54, 1.807) is 39.0 Å². The number of nitrogens with zero attached hydrogens (tertiary/aromatic N) is 4. The number of likely N-dealkylation sites (N-methyl/N-ethyl adjacent to an activating group) is 1. The van der Waals surface area contributed by atoms with Crippen molar-refractivity contribution in [2.45, 2.75) is 51.5 Å². The van der Waals surface area contributed by atoms with Gasteiger partial charge in [-0.3, -0.25) is 9.59 Å². The SMILES string of the molecule is CC1C=CC(C[C@H]2C(=O)N(C(C)c3ccc(F)cc3)C[C@H]3N2C(=O)CN(C)N3C(=O)NCc2ccccc2)=CC1. The Morgan fingerprint density at radius 3 is 2.50 bits per heavy atom. The summed E-state index contributed by atoms with van der Waals surface area (Å²) < 4.78 is 13.7. The van der Waals surface area contributed by atoms with E-state index < -0.39 is 12.2 Å². The normalized spacial score (nSPS) is 24.1. The number of halogens is 1. The molecule has 1 aliphatic carbocycles. The molecule has 4 atom stereocenters. The summed E-state index contributed by atoms with van der Waals surface area (Å²) in [5.41, 5.74) is 2.73. The molecule has 0 aromatic heterocycles. The van der Waals surface area contributed by atoms with E-state index in [4.69, 9.17) is 0 Å². The zero-order valence-electron chi connectivity index (χ0n) is 23.2. The van der Waals surface area contributed by atoms with Gasteiger partial charge in [0, 0.05) is 20.0 Å². The topological polar surface area (TPSA) is 76.2 Å². The molecule has 0 bridgehead atoms. The smallest absolute Gasteiger partial charge is 0.333 e. The van der Waals surface area contributed by atoms with Crippen LogP contribution in [0.3, 0.4) is 0 Å². The van der Waals surface area contributed by atoms with Crippen LogP contribution in [-0.4, -0.2) is 70.0 Å². The Balaban J connectivity index is 1.47. The molecule has 0 saturated carbocycles. The zero-order valence-corrected chi connectivity index (χ0v) is 23.2. The van der Waals surface area contributed by atoms with Gasteiger partial charge in [-0.25, -0.2) is 19.2 Å². The lowest BCUT2D eigenvalue weighted by atomic mass is 9.91. The molecule has 0 spiro atoms. The molecule has 40 heavy (non-hydrogen) atoms. The summed E-state index contributed by atoms with van der Waals surface area (Å²) in [7, 11) is 1.71. The molecule has 9 heteroatoms. The lowest BCUT2D eigenvalue weighted by molar-refractivity contribution is -0.189. The lowest BCUT2D eigenvalue weighted by Gasteiger charge is -2.55. The summed E-state index contributed by atoms with van der Waals surface area (Å²) in [5.74, 6) is -0.303. The van der Waals surface area contributed by atoms with Crippen molar-refractivity contribution in [1.82, 2.24) is 25.1 Å². The third-order valence-corrected chi connectivity index (χ3v) is 8.02. The molecular weight excluding hydrogens is 509 g/mol. The molecule has 2 unspecified atom stereocenters. The second kappa shape index (κ2) is 11.6. The van der Waals surface area contributed by atoms with Crippen LogP contribution in [0.1, 0.15) is 43.9 Å². The number of hydrazine groups is 1. The third-order valence-electron chi connectivity index (χ3n) is 8.02. The summed E-state index contributed by atoms with van der Waals surface area (Å²) in [6.45, 7) is 4.48. The summed E-state index contributed by atoms with van der Waals surface area (Å²) in [6.07, 6.45) is 6.81. The fourth-order valence-corrected chi connectivity index (χ4v) is 5.74. The number of allylic oxidation sites excluding steroid dienone is 3. The molecule has 2 fully saturated rings. The summed E-state index contributed by atoms with van der Waals surface area (Å²) >= 11 is 0. The molecule has 8 nitrogen and oxygen atoms in total. The number of nitrogens with one attached hydrogen (secondary N) is 1. The van der Waals surface area contributed by atoms with Crippen LogP contribution in [0.25, 0.3) is 0 Å². The van der Waals surface area contributed by atoms with E-state index in [0.717, 1.165) is 23.1 Å². The minimum Gasteiger partial charge on any atom is -0.333 e. The predicted molar refractivity (Wildman–Crippen MR) is 150 cm³/mol. The second-order valence-electron chi connectivity index (χ2n) is 10.9. The van der Waals surface area contributed by atoms with Crippen molar-refractivity contribution in [3.8, 4) is 0 Å². The highest BCUT2D eigenvalue weighted by molar-refractivity contribution is 5.92. The van der Waals surface area contributed by atoms with Gasteiger partial charge in [0.1, 0.15) is 18.0 Å². The Bertz CT molecular complexity index is 1310. The van der Waals surface area contributed by atoms with Crippen LogP contribution in [0.15, 0.2) is 78.4 Å². The van der Waals surface area contributed by atoms with Crippen molar-refractivity contribution < 1.29 is 18.8 Å². The maximum absolute atomic E-state index is 14.1. The van der Waals surface area contributed by atoms with Gasteiger partial charge in [0.15, 0.2) is 0 Å². The number of carbonyl (C=O) groups is 3. The van der Waals surface area contributed by atoms with E-state index in [1.807, 2.05) is 43.3 Å². The zero-order chi connectivity index (χ0) is 28.4. The number of amides is 4. The number of carbonyl (C=O) groups excluding carboxylic acids is 3. The third kappa shape index (κ3) is 5.65. The van der Waals surface area contributed by atoms with Crippen molar-refractivity contribution in [3.63, 3.8) is 0 Å². The predicted octanol–water partition coefficient (Wildman–Crippen LogP) is 4.24. The van der Waals surface area contributed by atoms with Crippen molar-refractivity contribution in [3.05, 3.63) is 95.3 Å². The standard InChI is InChI=1S/C31H36FN5O3/c1-21-9-11-23(12-10-21)17-27-30(39)35(22(2)25-13-15-26(32)16-14-25)19-28-36(27)29(38)20-34(3)37(28)31(40)33-18-24-7-5-4-6-8-24/h4-9,11-16,21-22,27-28H,10,17-20H2,1-3H3,(H,33,40)/t21?,22?,27-,28-/m0/s1. The average molecular weight is 546 g/mol. The van der Waals surface area contributed by atoms with Crippen molar-refractivity contribution in [1.29, 1.82) is 0 Å². The lowest BCUT2D eigenvalue weighted by Crippen LogP contribution is -2.76. The van der Waals surface area contributed by atoms with Crippen LogP contribution in [0.4, 0.5) is 9.18 Å². The van der Waals surface area contributed by atoms with Gasteiger partial charge in [0.2, 0.25) is 11.8 Å². The van der Waals surface area contributed by atoms with Gasteiger partial charge in [-0.1, -0.05) is 67.6 Å². The molecule has 1 N–H and O–H groups in total. The first kappa shape index (κ1) is 27.6. The minimum atomic E-state index is -0.767. The van der Waals surface area contributed by atoms with Crippen LogP contribution >= 0.6 is 0 Å². The van der Waals surface area contributed by atoms with E-state index in [1.165, 1.54) is 12.1 Å². The minimum absolute atomic E-state index is 0.0154. The maximum Gasteiger partial charge on any atom is 0.334 e. The number of hydrogen-bond acceptors (Lipinski definition) is 4. The van der Waals surface area contributed by atoms with Crippen LogP contribution < -0.4 is 5.32 Å². The highest BCUT2D eigenvalue weighted by atomic mass is 19.1. The number of urea groups is 1. The summed E-state index contributed by atoms with van der Waals surface area (Å²) in [6, 6.07) is 14.2. The molecule has 2 heterocycles. The largest absolute Gasteiger partial charge is 0.334 e. The highest BCUT2D eigenvalue weighted by Gasteiger charge is 2.51. The Kier molecular flexibility index (Phi) is 8.02. The van der Waals surface area contributed by atoms with E-state index in [-0.39, 0.29) is 42.8 Å². The van der Waals surface area contributed by atoms with Gasteiger partial charge < -0.3 is 15.1 Å². The number of benzene rings is 2. The molecule has 3 aliphatic rings. The van der Waals surface area contributed by atoms with Crippen molar-refractivity contribution in [2.75, 3.05) is 20.1 Å². The van der Waals surface area contributed by atoms with Gasteiger partial charge in [-0.15, -0.1) is 0 Å². The van der Waals surface area contributed by atoms with Gasteiger partial charge >= 0.3 is 6.03 Å². The molecule has 2 aromatic carbocycles. The molecule has 2 aromatic rings. The highest BCUT2D eigenvalue weighted by Crippen LogP contribution is 2.34. The van der Waals surface area contributed by atoms with Crippen LogP contribution in [-0.2, 0) is 16.1 Å². The quantitative estimate of drug-likeness (QED) is 0.590. The first-order valence-electron chi connectivity index (χ1n) is 13.8. The van der Waals surface area contributed by atoms with E-state index in [2.05, 4.69) is 24.4 Å². The number of rotatable bonds is 6.